The van der Waals surface area contributed by atoms with Crippen LogP contribution in [0.15, 0.2) is 57.8 Å². The van der Waals surface area contributed by atoms with Crippen molar-refractivity contribution < 1.29 is 9.53 Å². The number of ether oxygens (including phenoxy) is 1. The predicted molar refractivity (Wildman–Crippen MR) is 89.4 cm³/mol. The van der Waals surface area contributed by atoms with E-state index in [2.05, 4.69) is 45.4 Å². The van der Waals surface area contributed by atoms with E-state index in [1.807, 2.05) is 17.5 Å². The molecule has 0 saturated carbocycles. The fraction of sp³-hybridized carbons (Fsp3) is 0.125. The molecule has 6 heteroatoms. The van der Waals surface area contributed by atoms with E-state index in [9.17, 15) is 4.79 Å². The molecule has 0 bridgehead atoms. The minimum absolute atomic E-state index is 0.385. The van der Waals surface area contributed by atoms with Crippen LogP contribution in [0.1, 0.15) is 5.01 Å². The van der Waals surface area contributed by atoms with Crippen LogP contribution in [0.3, 0.4) is 0 Å². The predicted octanol–water partition coefficient (Wildman–Crippen LogP) is 4.30. The first kappa shape index (κ1) is 14.9. The van der Waals surface area contributed by atoms with Gasteiger partial charge in [0.25, 0.3) is 0 Å². The summed E-state index contributed by atoms with van der Waals surface area (Å²) in [6.45, 7) is 0.385. The maximum absolute atomic E-state index is 11.0. The Bertz CT molecular complexity index is 801. The molecule has 0 aliphatic heterocycles. The van der Waals surface area contributed by atoms with Crippen LogP contribution >= 0.6 is 23.1 Å². The van der Waals surface area contributed by atoms with Gasteiger partial charge in [0.15, 0.2) is 0 Å². The number of hydrogen-bond donors (Lipinski definition) is 1. The van der Waals surface area contributed by atoms with Crippen molar-refractivity contribution >= 4 is 40.0 Å². The van der Waals surface area contributed by atoms with Gasteiger partial charge in [0.1, 0.15) is 10.0 Å². The monoisotopic (exact) mass is 330 g/mol. The number of hydrogen-bond acceptors (Lipinski definition) is 5. The van der Waals surface area contributed by atoms with Gasteiger partial charge >= 0.3 is 6.09 Å². The van der Waals surface area contributed by atoms with Crippen molar-refractivity contribution in [2.45, 2.75) is 16.5 Å². The molecule has 1 amide bonds. The molecular weight excluding hydrogens is 316 g/mol. The largest absolute Gasteiger partial charge is 0.453 e. The second-order valence-corrected chi connectivity index (χ2v) is 6.57. The molecule has 3 rings (SSSR count). The average Bonchev–Trinajstić information content (AvgIpc) is 3.00. The van der Waals surface area contributed by atoms with Crippen molar-refractivity contribution in [3.63, 3.8) is 0 Å². The van der Waals surface area contributed by atoms with Crippen LogP contribution in [-0.2, 0) is 11.3 Å². The lowest BCUT2D eigenvalue weighted by Crippen LogP contribution is -2.22. The van der Waals surface area contributed by atoms with Gasteiger partial charge in [-0.3, -0.25) is 0 Å². The zero-order valence-electron chi connectivity index (χ0n) is 11.9. The maximum atomic E-state index is 11.0. The van der Waals surface area contributed by atoms with E-state index in [0.717, 1.165) is 14.9 Å². The standard InChI is InChI=1S/C16H14N2O2S2/c1-20-16(19)17-9-14-18-15(10-21-14)22-13-7-6-11-4-2-3-5-12(11)8-13/h2-8,10H,9H2,1H3,(H,17,19). The molecule has 112 valence electrons. The molecule has 4 nitrogen and oxygen atoms in total. The van der Waals surface area contributed by atoms with Gasteiger partial charge in [-0.15, -0.1) is 11.3 Å². The Morgan fingerprint density at radius 3 is 2.91 bits per heavy atom. The van der Waals surface area contributed by atoms with Crippen LogP contribution in [-0.4, -0.2) is 18.2 Å². The molecule has 0 radical (unpaired) electrons. The number of methoxy groups -OCH3 is 1. The molecule has 0 aliphatic rings. The topological polar surface area (TPSA) is 51.2 Å². The average molecular weight is 330 g/mol. The second kappa shape index (κ2) is 6.81. The molecule has 3 aromatic rings. The number of carbonyl (C=O) groups is 1. The molecule has 2 aromatic carbocycles. The van der Waals surface area contributed by atoms with E-state index in [0.29, 0.717) is 6.54 Å². The lowest BCUT2D eigenvalue weighted by molar-refractivity contribution is 0.170. The number of nitrogens with one attached hydrogen (secondary N) is 1. The molecule has 0 saturated heterocycles. The normalized spacial score (nSPS) is 10.6. The molecule has 1 N–H and O–H groups in total. The Morgan fingerprint density at radius 2 is 2.09 bits per heavy atom. The van der Waals surface area contributed by atoms with Crippen LogP contribution in [0.4, 0.5) is 4.79 Å². The molecule has 0 spiro atoms. The van der Waals surface area contributed by atoms with Crippen LogP contribution in [0.25, 0.3) is 10.8 Å². The van der Waals surface area contributed by atoms with Gasteiger partial charge < -0.3 is 10.1 Å². The van der Waals surface area contributed by atoms with E-state index in [1.165, 1.54) is 29.2 Å². The fourth-order valence-corrected chi connectivity index (χ4v) is 3.70. The summed E-state index contributed by atoms with van der Waals surface area (Å²) in [6, 6.07) is 14.6. The highest BCUT2D eigenvalue weighted by molar-refractivity contribution is 7.99. The molecule has 0 unspecified atom stereocenters. The summed E-state index contributed by atoms with van der Waals surface area (Å²) in [6.07, 6.45) is -0.445. The third kappa shape index (κ3) is 3.58. The number of carbonyl (C=O) groups excluding carboxylic acids is 1. The van der Waals surface area contributed by atoms with Crippen LogP contribution < -0.4 is 5.32 Å². The smallest absolute Gasteiger partial charge is 0.407 e. The van der Waals surface area contributed by atoms with E-state index >= 15 is 0 Å². The van der Waals surface area contributed by atoms with Crippen molar-refractivity contribution in [3.05, 3.63) is 52.9 Å². The Labute approximate surface area is 136 Å². The third-order valence-corrected chi connectivity index (χ3v) is 4.95. The van der Waals surface area contributed by atoms with Gasteiger partial charge in [-0.25, -0.2) is 9.78 Å². The summed E-state index contributed by atoms with van der Waals surface area (Å²) in [5.41, 5.74) is 0. The van der Waals surface area contributed by atoms with Crippen LogP contribution in [0.2, 0.25) is 0 Å². The number of amides is 1. The number of aromatic nitrogens is 1. The zero-order chi connectivity index (χ0) is 15.4. The van der Waals surface area contributed by atoms with Crippen molar-refractivity contribution in [3.8, 4) is 0 Å². The lowest BCUT2D eigenvalue weighted by atomic mass is 10.1. The highest BCUT2D eigenvalue weighted by atomic mass is 32.2. The van der Waals surface area contributed by atoms with Gasteiger partial charge in [0.2, 0.25) is 0 Å². The number of thiazole rings is 1. The van der Waals surface area contributed by atoms with Gasteiger partial charge in [0, 0.05) is 10.3 Å². The summed E-state index contributed by atoms with van der Waals surface area (Å²) >= 11 is 3.14. The van der Waals surface area contributed by atoms with E-state index in [1.54, 1.807) is 11.8 Å². The van der Waals surface area contributed by atoms with E-state index < -0.39 is 6.09 Å². The molecule has 0 aliphatic carbocycles. The van der Waals surface area contributed by atoms with Crippen molar-refractivity contribution in [1.29, 1.82) is 0 Å². The van der Waals surface area contributed by atoms with Crippen molar-refractivity contribution in [2.75, 3.05) is 7.11 Å². The van der Waals surface area contributed by atoms with Gasteiger partial charge in [-0.2, -0.15) is 0 Å². The molecule has 0 atom stereocenters. The summed E-state index contributed by atoms with van der Waals surface area (Å²) in [5.74, 6) is 0. The summed E-state index contributed by atoms with van der Waals surface area (Å²) in [5, 5.41) is 8.86. The Kier molecular flexibility index (Phi) is 4.60. The third-order valence-electron chi connectivity index (χ3n) is 3.04. The number of benzene rings is 2. The van der Waals surface area contributed by atoms with E-state index in [4.69, 9.17) is 0 Å². The summed E-state index contributed by atoms with van der Waals surface area (Å²) in [4.78, 5) is 16.7. The SMILES string of the molecule is COC(=O)NCc1nc(Sc2ccc3ccccc3c2)cs1. The molecule has 1 aromatic heterocycles. The van der Waals surface area contributed by atoms with Crippen LogP contribution in [0.5, 0.6) is 0 Å². The summed E-state index contributed by atoms with van der Waals surface area (Å²) in [7, 11) is 1.35. The molecule has 1 heterocycles. The minimum Gasteiger partial charge on any atom is -0.453 e. The van der Waals surface area contributed by atoms with Crippen molar-refractivity contribution in [2.24, 2.45) is 0 Å². The lowest BCUT2D eigenvalue weighted by Gasteiger charge is -2.02. The first-order valence-electron chi connectivity index (χ1n) is 6.67. The Morgan fingerprint density at radius 1 is 1.27 bits per heavy atom. The van der Waals surface area contributed by atoms with Crippen molar-refractivity contribution in [1.82, 2.24) is 10.3 Å². The highest BCUT2D eigenvalue weighted by Crippen LogP contribution is 2.30. The molecule has 0 fully saturated rings. The second-order valence-electron chi connectivity index (χ2n) is 4.54. The van der Waals surface area contributed by atoms with E-state index in [-0.39, 0.29) is 0 Å². The Balaban J connectivity index is 1.69. The first-order chi connectivity index (χ1) is 10.7. The fourth-order valence-electron chi connectivity index (χ4n) is 1.99. The summed E-state index contributed by atoms with van der Waals surface area (Å²) < 4.78 is 4.54. The number of rotatable bonds is 4. The van der Waals surface area contributed by atoms with Gasteiger partial charge in [-0.05, 0) is 22.9 Å². The number of alkyl carbamates (subject to hydrolysis) is 1. The number of nitrogens with zero attached hydrogens (tertiary/aromatic N) is 1. The highest BCUT2D eigenvalue weighted by Gasteiger charge is 2.06. The zero-order valence-corrected chi connectivity index (χ0v) is 13.5. The minimum atomic E-state index is -0.445. The molecule has 22 heavy (non-hydrogen) atoms. The Hall–Kier alpha value is -2.05. The number of fused-ring (bicyclic) bond motifs is 1. The van der Waals surface area contributed by atoms with Gasteiger partial charge in [-0.1, -0.05) is 42.1 Å². The van der Waals surface area contributed by atoms with Gasteiger partial charge in [0.05, 0.1) is 13.7 Å². The molecular formula is C16H14N2O2S2. The first-order valence-corrected chi connectivity index (χ1v) is 8.37. The quantitative estimate of drug-likeness (QED) is 0.775. The maximum Gasteiger partial charge on any atom is 0.407 e. The van der Waals surface area contributed by atoms with Crippen LogP contribution in [0, 0.1) is 0 Å².